The summed E-state index contributed by atoms with van der Waals surface area (Å²) in [5, 5.41) is 3.29. The Labute approximate surface area is 102 Å². The van der Waals surface area contributed by atoms with Gasteiger partial charge in [0, 0.05) is 18.3 Å². The molecule has 0 aliphatic carbocycles. The average Bonchev–Trinajstić information content (AvgIpc) is 2.65. The van der Waals surface area contributed by atoms with Crippen LogP contribution in [0.25, 0.3) is 0 Å². The van der Waals surface area contributed by atoms with Gasteiger partial charge in [-0.05, 0) is 37.1 Å². The lowest BCUT2D eigenvalue weighted by Crippen LogP contribution is -2.23. The predicted molar refractivity (Wildman–Crippen MR) is 68.6 cm³/mol. The van der Waals surface area contributed by atoms with Crippen molar-refractivity contribution in [2.45, 2.75) is 24.3 Å². The Morgan fingerprint density at radius 2 is 2.35 bits per heavy atom. The molecule has 1 aliphatic heterocycles. The molecule has 0 fully saturated rings. The Morgan fingerprint density at radius 1 is 1.59 bits per heavy atom. The minimum Gasteiger partial charge on any atom is -0.382 e. The predicted octanol–water partition coefficient (Wildman–Crippen LogP) is 1.51. The number of fused-ring (bicyclic) bond motifs is 1. The number of anilines is 1. The quantitative estimate of drug-likeness (QED) is 0.799. The third kappa shape index (κ3) is 2.50. The summed E-state index contributed by atoms with van der Waals surface area (Å²) >= 11 is 0. The molecule has 0 spiro atoms. The van der Waals surface area contributed by atoms with Crippen LogP contribution in [0.5, 0.6) is 0 Å². The maximum absolute atomic E-state index is 11.9. The van der Waals surface area contributed by atoms with Crippen LogP contribution in [0.1, 0.15) is 12.5 Å². The molecule has 0 bridgehead atoms. The minimum absolute atomic E-state index is 0.244. The monoisotopic (exact) mass is 252 g/mol. The van der Waals surface area contributed by atoms with Crippen molar-refractivity contribution in [3.63, 3.8) is 0 Å². The maximum Gasteiger partial charge on any atom is 0.240 e. The normalized spacial score (nSPS) is 18.5. The Kier molecular flexibility index (Phi) is 3.22. The highest BCUT2D eigenvalue weighted by molar-refractivity contribution is 7.89. The first-order valence-corrected chi connectivity index (χ1v) is 7.01. The molecule has 1 aliphatic rings. The van der Waals surface area contributed by atoms with Gasteiger partial charge in [-0.25, -0.2) is 13.1 Å². The standard InChI is InChI=1S/C12H16N2O2S/c1-3-6-13-17(15,16)11-4-5-12-10(8-11)7-9(2)14-12/h3-5,8-9,13-14H,1,6-7H2,2H3/t9-/m1/s1. The van der Waals surface area contributed by atoms with Gasteiger partial charge in [-0.15, -0.1) is 6.58 Å². The number of nitrogens with one attached hydrogen (secondary N) is 2. The number of hydrogen-bond donors (Lipinski definition) is 2. The Bertz CT molecular complexity index is 537. The highest BCUT2D eigenvalue weighted by Gasteiger charge is 2.20. The zero-order valence-corrected chi connectivity index (χ0v) is 10.5. The molecule has 4 nitrogen and oxygen atoms in total. The number of rotatable bonds is 4. The molecule has 1 heterocycles. The first-order chi connectivity index (χ1) is 8.03. The molecule has 0 saturated carbocycles. The first-order valence-electron chi connectivity index (χ1n) is 5.53. The average molecular weight is 252 g/mol. The van der Waals surface area contributed by atoms with Gasteiger partial charge in [0.2, 0.25) is 10.0 Å². The van der Waals surface area contributed by atoms with Crippen LogP contribution in [0.4, 0.5) is 5.69 Å². The highest BCUT2D eigenvalue weighted by Crippen LogP contribution is 2.27. The number of sulfonamides is 1. The molecule has 0 saturated heterocycles. The second kappa shape index (κ2) is 4.50. The second-order valence-corrected chi connectivity index (χ2v) is 5.98. The van der Waals surface area contributed by atoms with Gasteiger partial charge in [-0.1, -0.05) is 6.08 Å². The Hall–Kier alpha value is -1.33. The van der Waals surface area contributed by atoms with Gasteiger partial charge in [-0.3, -0.25) is 0 Å². The zero-order chi connectivity index (χ0) is 12.5. The number of hydrogen-bond acceptors (Lipinski definition) is 3. The van der Waals surface area contributed by atoms with Crippen molar-refractivity contribution in [2.75, 3.05) is 11.9 Å². The van der Waals surface area contributed by atoms with Crippen LogP contribution in [0.2, 0.25) is 0 Å². The fourth-order valence-corrected chi connectivity index (χ4v) is 2.99. The lowest BCUT2D eigenvalue weighted by atomic mass is 10.1. The molecule has 2 rings (SSSR count). The summed E-state index contributed by atoms with van der Waals surface area (Å²) in [6, 6.07) is 5.54. The summed E-state index contributed by atoms with van der Waals surface area (Å²) in [5.74, 6) is 0. The van der Waals surface area contributed by atoms with E-state index >= 15 is 0 Å². The summed E-state index contributed by atoms with van der Waals surface area (Å²) in [7, 11) is -3.41. The van der Waals surface area contributed by atoms with Gasteiger partial charge in [0.15, 0.2) is 0 Å². The molecular weight excluding hydrogens is 236 g/mol. The van der Waals surface area contributed by atoms with E-state index in [1.807, 2.05) is 6.07 Å². The van der Waals surface area contributed by atoms with Crippen molar-refractivity contribution in [3.8, 4) is 0 Å². The lowest BCUT2D eigenvalue weighted by Gasteiger charge is -2.06. The van der Waals surface area contributed by atoms with Crippen molar-refractivity contribution < 1.29 is 8.42 Å². The largest absolute Gasteiger partial charge is 0.382 e. The molecule has 5 heteroatoms. The molecule has 2 N–H and O–H groups in total. The fraction of sp³-hybridized carbons (Fsp3) is 0.333. The van der Waals surface area contributed by atoms with E-state index in [1.54, 1.807) is 12.1 Å². The fourth-order valence-electron chi connectivity index (χ4n) is 1.95. The van der Waals surface area contributed by atoms with E-state index in [1.165, 1.54) is 6.08 Å². The van der Waals surface area contributed by atoms with Crippen LogP contribution in [0, 0.1) is 0 Å². The lowest BCUT2D eigenvalue weighted by molar-refractivity contribution is 0.585. The van der Waals surface area contributed by atoms with Crippen LogP contribution in [-0.2, 0) is 16.4 Å². The first kappa shape index (κ1) is 12.1. The molecule has 1 aromatic carbocycles. The van der Waals surface area contributed by atoms with Crippen LogP contribution >= 0.6 is 0 Å². The van der Waals surface area contributed by atoms with Crippen molar-refractivity contribution >= 4 is 15.7 Å². The van der Waals surface area contributed by atoms with Gasteiger partial charge in [-0.2, -0.15) is 0 Å². The molecule has 92 valence electrons. The molecule has 0 unspecified atom stereocenters. The Balaban J connectivity index is 2.30. The van der Waals surface area contributed by atoms with Crippen molar-refractivity contribution in [1.82, 2.24) is 4.72 Å². The van der Waals surface area contributed by atoms with E-state index < -0.39 is 10.0 Å². The SMILES string of the molecule is C=CCNS(=O)(=O)c1ccc2c(c1)C[C@@H](C)N2. The second-order valence-electron chi connectivity index (χ2n) is 4.21. The topological polar surface area (TPSA) is 58.2 Å². The third-order valence-electron chi connectivity index (χ3n) is 2.73. The summed E-state index contributed by atoms with van der Waals surface area (Å²) < 4.78 is 26.2. The van der Waals surface area contributed by atoms with Crippen LogP contribution in [0.15, 0.2) is 35.7 Å². The minimum atomic E-state index is -3.41. The van der Waals surface area contributed by atoms with E-state index in [4.69, 9.17) is 0 Å². The summed E-state index contributed by atoms with van der Waals surface area (Å²) in [5.41, 5.74) is 2.08. The van der Waals surface area contributed by atoms with Gasteiger partial charge in [0.25, 0.3) is 0 Å². The summed E-state index contributed by atoms with van der Waals surface area (Å²) in [4.78, 5) is 0.314. The van der Waals surface area contributed by atoms with Crippen molar-refractivity contribution in [3.05, 3.63) is 36.4 Å². The third-order valence-corrected chi connectivity index (χ3v) is 4.15. The molecule has 0 radical (unpaired) electrons. The van der Waals surface area contributed by atoms with Crippen molar-refractivity contribution in [2.24, 2.45) is 0 Å². The molecule has 0 amide bonds. The van der Waals surface area contributed by atoms with Gasteiger partial charge in [0.1, 0.15) is 0 Å². The van der Waals surface area contributed by atoms with Gasteiger partial charge >= 0.3 is 0 Å². The summed E-state index contributed by atoms with van der Waals surface area (Å²) in [6.07, 6.45) is 2.38. The smallest absolute Gasteiger partial charge is 0.240 e. The summed E-state index contributed by atoms with van der Waals surface area (Å²) in [6.45, 7) is 5.81. The molecule has 1 aromatic rings. The van der Waals surface area contributed by atoms with E-state index in [9.17, 15) is 8.42 Å². The van der Waals surface area contributed by atoms with E-state index in [2.05, 4.69) is 23.5 Å². The van der Waals surface area contributed by atoms with Crippen LogP contribution in [-0.4, -0.2) is 21.0 Å². The van der Waals surface area contributed by atoms with E-state index in [0.29, 0.717) is 10.9 Å². The highest BCUT2D eigenvalue weighted by atomic mass is 32.2. The van der Waals surface area contributed by atoms with Crippen LogP contribution in [0.3, 0.4) is 0 Å². The van der Waals surface area contributed by atoms with Gasteiger partial charge < -0.3 is 5.32 Å². The molecule has 0 aromatic heterocycles. The molecular formula is C12H16N2O2S. The number of benzene rings is 1. The Morgan fingerprint density at radius 3 is 3.06 bits per heavy atom. The zero-order valence-electron chi connectivity index (χ0n) is 9.73. The maximum atomic E-state index is 11.9. The van der Waals surface area contributed by atoms with E-state index in [0.717, 1.165) is 17.7 Å². The van der Waals surface area contributed by atoms with E-state index in [-0.39, 0.29) is 6.54 Å². The molecule has 17 heavy (non-hydrogen) atoms. The molecule has 1 atom stereocenters. The van der Waals surface area contributed by atoms with Crippen molar-refractivity contribution in [1.29, 1.82) is 0 Å². The van der Waals surface area contributed by atoms with Crippen LogP contribution < -0.4 is 10.0 Å². The van der Waals surface area contributed by atoms with Gasteiger partial charge in [0.05, 0.1) is 4.90 Å².